The Morgan fingerprint density at radius 1 is 1.08 bits per heavy atom. The van der Waals surface area contributed by atoms with E-state index < -0.39 is 0 Å². The van der Waals surface area contributed by atoms with E-state index in [4.69, 9.17) is 0 Å². The average molecular weight is 339 g/mol. The van der Waals surface area contributed by atoms with Crippen molar-refractivity contribution in [3.8, 4) is 0 Å². The number of hydrogen-bond acceptors (Lipinski definition) is 3. The van der Waals surface area contributed by atoms with Crippen LogP contribution in [0.5, 0.6) is 0 Å². The summed E-state index contributed by atoms with van der Waals surface area (Å²) in [7, 11) is 0. The number of carbonyl (C=O) groups excluding carboxylic acids is 2. The van der Waals surface area contributed by atoms with Gasteiger partial charge in [-0.1, -0.05) is 38.0 Å². The van der Waals surface area contributed by atoms with Gasteiger partial charge in [-0.15, -0.1) is 0 Å². The second-order valence-corrected chi connectivity index (χ2v) is 5.78. The molecule has 1 heterocycles. The lowest BCUT2D eigenvalue weighted by molar-refractivity contribution is 0.0953. The minimum atomic E-state index is -0.214. The number of anilines is 1. The van der Waals surface area contributed by atoms with Crippen LogP contribution in [0.25, 0.3) is 0 Å². The summed E-state index contributed by atoms with van der Waals surface area (Å²) < 4.78 is 0. The summed E-state index contributed by atoms with van der Waals surface area (Å²) in [4.78, 5) is 30.8. The lowest BCUT2D eigenvalue weighted by Gasteiger charge is -2.20. The van der Waals surface area contributed by atoms with E-state index in [0.717, 1.165) is 24.9 Å². The van der Waals surface area contributed by atoms with Crippen LogP contribution in [-0.4, -0.2) is 29.9 Å². The molecule has 5 heteroatoms. The molecule has 2 amide bonds. The molecule has 25 heavy (non-hydrogen) atoms. The second kappa shape index (κ2) is 9.57. The highest BCUT2D eigenvalue weighted by atomic mass is 16.2. The maximum absolute atomic E-state index is 12.8. The molecule has 0 radical (unpaired) electrons. The van der Waals surface area contributed by atoms with E-state index in [-0.39, 0.29) is 17.5 Å². The van der Waals surface area contributed by atoms with Gasteiger partial charge >= 0.3 is 0 Å². The van der Waals surface area contributed by atoms with Crippen LogP contribution in [0.4, 0.5) is 5.69 Å². The van der Waals surface area contributed by atoms with E-state index in [1.54, 1.807) is 17.0 Å². The summed E-state index contributed by atoms with van der Waals surface area (Å²) >= 11 is 0. The standard InChI is InChI=1S/C20H25N3O2/c1-3-5-9-13-22-19(24)16-12-14-21-18(15-16)20(25)23(4-2)17-10-7-6-8-11-17/h6-8,10-12,14-15H,3-5,9,13H2,1-2H3,(H,22,24). The Morgan fingerprint density at radius 3 is 2.52 bits per heavy atom. The zero-order valence-electron chi connectivity index (χ0n) is 14.9. The molecular formula is C20H25N3O2. The van der Waals surface area contributed by atoms with Gasteiger partial charge in [0.25, 0.3) is 11.8 Å². The largest absolute Gasteiger partial charge is 0.352 e. The van der Waals surface area contributed by atoms with Crippen LogP contribution in [-0.2, 0) is 0 Å². The Bertz CT molecular complexity index is 701. The van der Waals surface area contributed by atoms with E-state index >= 15 is 0 Å². The Kier molecular flexibility index (Phi) is 7.14. The van der Waals surface area contributed by atoms with Gasteiger partial charge in [-0.05, 0) is 37.6 Å². The molecule has 0 saturated carbocycles. The van der Waals surface area contributed by atoms with Gasteiger partial charge in [0.05, 0.1) is 0 Å². The first-order valence-corrected chi connectivity index (χ1v) is 8.78. The number of hydrogen-bond donors (Lipinski definition) is 1. The molecule has 132 valence electrons. The first-order valence-electron chi connectivity index (χ1n) is 8.78. The number of nitrogens with zero attached hydrogens (tertiary/aromatic N) is 2. The highest BCUT2D eigenvalue weighted by molar-refractivity contribution is 6.06. The van der Waals surface area contributed by atoms with Crippen molar-refractivity contribution in [2.75, 3.05) is 18.0 Å². The number of para-hydroxylation sites is 1. The van der Waals surface area contributed by atoms with E-state index in [9.17, 15) is 9.59 Å². The van der Waals surface area contributed by atoms with Crippen molar-refractivity contribution in [3.63, 3.8) is 0 Å². The van der Waals surface area contributed by atoms with Gasteiger partial charge in [0, 0.05) is 30.5 Å². The van der Waals surface area contributed by atoms with Crippen LogP contribution in [0.1, 0.15) is 54.0 Å². The molecule has 0 unspecified atom stereocenters. The van der Waals surface area contributed by atoms with Crippen molar-refractivity contribution in [3.05, 3.63) is 59.9 Å². The van der Waals surface area contributed by atoms with Gasteiger partial charge in [0.2, 0.25) is 0 Å². The second-order valence-electron chi connectivity index (χ2n) is 5.78. The quantitative estimate of drug-likeness (QED) is 0.747. The summed E-state index contributed by atoms with van der Waals surface area (Å²) in [5.41, 5.74) is 1.54. The molecule has 0 spiro atoms. The van der Waals surface area contributed by atoms with Crippen LogP contribution in [0.2, 0.25) is 0 Å². The van der Waals surface area contributed by atoms with Crippen LogP contribution in [0.3, 0.4) is 0 Å². The molecule has 0 atom stereocenters. The minimum absolute atomic E-state index is 0.171. The molecule has 0 aliphatic heterocycles. The predicted molar refractivity (Wildman–Crippen MR) is 99.9 cm³/mol. The molecule has 0 saturated heterocycles. The zero-order chi connectivity index (χ0) is 18.1. The van der Waals surface area contributed by atoms with Gasteiger partial charge in [0.1, 0.15) is 5.69 Å². The molecule has 0 fully saturated rings. The fraction of sp³-hybridized carbons (Fsp3) is 0.350. The van der Waals surface area contributed by atoms with Crippen LogP contribution < -0.4 is 10.2 Å². The number of pyridine rings is 1. The zero-order valence-corrected chi connectivity index (χ0v) is 14.9. The molecule has 2 aromatic rings. The van der Waals surface area contributed by atoms with E-state index in [0.29, 0.717) is 18.7 Å². The Morgan fingerprint density at radius 2 is 1.84 bits per heavy atom. The first kappa shape index (κ1) is 18.6. The highest BCUT2D eigenvalue weighted by Crippen LogP contribution is 2.16. The topological polar surface area (TPSA) is 62.3 Å². The number of benzene rings is 1. The van der Waals surface area contributed by atoms with Crippen molar-refractivity contribution < 1.29 is 9.59 Å². The Balaban J connectivity index is 2.11. The SMILES string of the molecule is CCCCCNC(=O)c1ccnc(C(=O)N(CC)c2ccccc2)c1. The summed E-state index contributed by atoms with van der Waals surface area (Å²) in [6, 6.07) is 12.6. The molecule has 0 bridgehead atoms. The fourth-order valence-corrected chi connectivity index (χ4v) is 2.56. The monoisotopic (exact) mass is 339 g/mol. The van der Waals surface area contributed by atoms with Crippen molar-refractivity contribution in [1.29, 1.82) is 0 Å². The Labute approximate surface area is 149 Å². The predicted octanol–water partition coefficient (Wildman–Crippen LogP) is 3.67. The first-order chi connectivity index (χ1) is 12.2. The van der Waals surface area contributed by atoms with Crippen molar-refractivity contribution >= 4 is 17.5 Å². The molecule has 2 rings (SSSR count). The number of amides is 2. The average Bonchev–Trinajstić information content (AvgIpc) is 2.66. The third-order valence-electron chi connectivity index (χ3n) is 3.94. The molecule has 0 aliphatic carbocycles. The smallest absolute Gasteiger partial charge is 0.276 e. The molecule has 1 aromatic heterocycles. The maximum Gasteiger partial charge on any atom is 0.276 e. The maximum atomic E-state index is 12.8. The van der Waals surface area contributed by atoms with E-state index in [1.165, 1.54) is 6.20 Å². The fourth-order valence-electron chi connectivity index (χ4n) is 2.56. The summed E-state index contributed by atoms with van der Waals surface area (Å²) in [6.45, 7) is 5.20. The van der Waals surface area contributed by atoms with Crippen molar-refractivity contribution in [2.24, 2.45) is 0 Å². The van der Waals surface area contributed by atoms with Gasteiger partial charge in [-0.3, -0.25) is 14.6 Å². The van der Waals surface area contributed by atoms with E-state index in [1.807, 2.05) is 37.3 Å². The van der Waals surface area contributed by atoms with Gasteiger partial charge < -0.3 is 10.2 Å². The summed E-state index contributed by atoms with van der Waals surface area (Å²) in [6.07, 6.45) is 4.66. The lowest BCUT2D eigenvalue weighted by atomic mass is 10.2. The molecule has 0 aliphatic rings. The molecule has 5 nitrogen and oxygen atoms in total. The summed E-state index contributed by atoms with van der Waals surface area (Å²) in [5, 5.41) is 2.88. The molecular weight excluding hydrogens is 314 g/mol. The molecule has 1 N–H and O–H groups in total. The van der Waals surface area contributed by atoms with Gasteiger partial charge in [-0.2, -0.15) is 0 Å². The minimum Gasteiger partial charge on any atom is -0.352 e. The van der Waals surface area contributed by atoms with E-state index in [2.05, 4.69) is 17.2 Å². The number of aromatic nitrogens is 1. The van der Waals surface area contributed by atoms with Crippen molar-refractivity contribution in [2.45, 2.75) is 33.1 Å². The third-order valence-corrected chi connectivity index (χ3v) is 3.94. The van der Waals surface area contributed by atoms with Gasteiger partial charge in [0.15, 0.2) is 0 Å². The third kappa shape index (κ3) is 5.14. The lowest BCUT2D eigenvalue weighted by Crippen LogP contribution is -2.32. The van der Waals surface area contributed by atoms with Crippen molar-refractivity contribution in [1.82, 2.24) is 10.3 Å². The normalized spacial score (nSPS) is 10.3. The van der Waals surface area contributed by atoms with Gasteiger partial charge in [-0.25, -0.2) is 0 Å². The summed E-state index contributed by atoms with van der Waals surface area (Å²) in [5.74, 6) is -0.385. The van der Waals surface area contributed by atoms with Crippen LogP contribution in [0.15, 0.2) is 48.7 Å². The number of unbranched alkanes of at least 4 members (excludes halogenated alkanes) is 2. The number of nitrogens with one attached hydrogen (secondary N) is 1. The molecule has 1 aromatic carbocycles. The van der Waals surface area contributed by atoms with Crippen LogP contribution in [0, 0.1) is 0 Å². The number of rotatable bonds is 8. The highest BCUT2D eigenvalue weighted by Gasteiger charge is 2.18. The number of carbonyl (C=O) groups is 2. The Hall–Kier alpha value is -2.69. The van der Waals surface area contributed by atoms with Crippen LogP contribution >= 0.6 is 0 Å².